The third-order valence-corrected chi connectivity index (χ3v) is 2.68. The number of hydrogen-bond donors (Lipinski definition) is 0. The Kier molecular flexibility index (Phi) is 3.19. The van der Waals surface area contributed by atoms with E-state index in [0.29, 0.717) is 6.29 Å². The SMILES string of the molecule is Cc1cc(F)c(-c2ccc(F)cc2C=O)cc1F. The summed E-state index contributed by atoms with van der Waals surface area (Å²) in [7, 11) is 0. The summed E-state index contributed by atoms with van der Waals surface area (Å²) in [6.07, 6.45) is 0.412. The van der Waals surface area contributed by atoms with Gasteiger partial charge in [-0.2, -0.15) is 0 Å². The predicted octanol–water partition coefficient (Wildman–Crippen LogP) is 3.89. The molecule has 0 aromatic heterocycles. The molecular weight excluding hydrogens is 241 g/mol. The Morgan fingerprint density at radius 1 is 0.944 bits per heavy atom. The van der Waals surface area contributed by atoms with Crippen molar-refractivity contribution in [3.63, 3.8) is 0 Å². The monoisotopic (exact) mass is 250 g/mol. The second kappa shape index (κ2) is 4.64. The van der Waals surface area contributed by atoms with Crippen molar-refractivity contribution in [2.24, 2.45) is 0 Å². The Morgan fingerprint density at radius 2 is 1.67 bits per heavy atom. The van der Waals surface area contributed by atoms with E-state index in [1.807, 2.05) is 0 Å². The first-order valence-electron chi connectivity index (χ1n) is 5.23. The van der Waals surface area contributed by atoms with Gasteiger partial charge in [0.1, 0.15) is 17.5 Å². The number of hydrogen-bond acceptors (Lipinski definition) is 1. The minimum atomic E-state index is -0.649. The molecule has 0 fully saturated rings. The van der Waals surface area contributed by atoms with Gasteiger partial charge in [-0.1, -0.05) is 6.07 Å². The van der Waals surface area contributed by atoms with Crippen LogP contribution in [-0.2, 0) is 0 Å². The Hall–Kier alpha value is -2.10. The Bertz CT molecular complexity index is 621. The van der Waals surface area contributed by atoms with E-state index in [9.17, 15) is 18.0 Å². The van der Waals surface area contributed by atoms with Crippen LogP contribution in [0.4, 0.5) is 13.2 Å². The van der Waals surface area contributed by atoms with Crippen molar-refractivity contribution in [3.8, 4) is 11.1 Å². The maximum atomic E-state index is 13.8. The van der Waals surface area contributed by atoms with E-state index in [2.05, 4.69) is 0 Å². The van der Waals surface area contributed by atoms with Crippen LogP contribution in [0.15, 0.2) is 30.3 Å². The van der Waals surface area contributed by atoms with Gasteiger partial charge in [0.05, 0.1) is 0 Å². The first-order valence-corrected chi connectivity index (χ1v) is 5.23. The molecule has 0 atom stereocenters. The molecule has 18 heavy (non-hydrogen) atoms. The highest BCUT2D eigenvalue weighted by Crippen LogP contribution is 2.28. The predicted molar refractivity (Wildman–Crippen MR) is 61.9 cm³/mol. The summed E-state index contributed by atoms with van der Waals surface area (Å²) in [4.78, 5) is 10.8. The van der Waals surface area contributed by atoms with Gasteiger partial charge in [-0.05, 0) is 42.3 Å². The molecule has 0 aliphatic heterocycles. The van der Waals surface area contributed by atoms with Gasteiger partial charge in [0.2, 0.25) is 0 Å². The molecule has 0 saturated heterocycles. The molecule has 0 heterocycles. The zero-order chi connectivity index (χ0) is 13.3. The highest BCUT2D eigenvalue weighted by molar-refractivity contribution is 5.87. The molecule has 0 bridgehead atoms. The lowest BCUT2D eigenvalue weighted by Crippen LogP contribution is -1.95. The Labute approximate surface area is 102 Å². The molecular formula is C14H9F3O. The fraction of sp³-hybridized carbons (Fsp3) is 0.0714. The van der Waals surface area contributed by atoms with E-state index in [-0.39, 0.29) is 22.3 Å². The molecule has 0 N–H and O–H groups in total. The van der Waals surface area contributed by atoms with Crippen LogP contribution in [0.3, 0.4) is 0 Å². The summed E-state index contributed by atoms with van der Waals surface area (Å²) in [5.41, 5.74) is 0.270. The molecule has 2 rings (SSSR count). The number of aryl methyl sites for hydroxylation is 1. The molecule has 92 valence electrons. The van der Waals surface area contributed by atoms with Crippen molar-refractivity contribution in [3.05, 3.63) is 58.9 Å². The summed E-state index contributed by atoms with van der Waals surface area (Å²) >= 11 is 0. The zero-order valence-corrected chi connectivity index (χ0v) is 9.51. The molecule has 2 aromatic rings. The standard InChI is InChI=1S/C14H9F3O/c1-8-4-14(17)12(6-13(8)16)11-3-2-10(15)5-9(11)7-18/h2-7H,1H3. The van der Waals surface area contributed by atoms with E-state index in [1.54, 1.807) is 0 Å². The summed E-state index contributed by atoms with van der Waals surface area (Å²) in [5, 5.41) is 0. The fourth-order valence-electron chi connectivity index (χ4n) is 1.73. The molecule has 2 aromatic carbocycles. The number of carbonyl (C=O) groups is 1. The van der Waals surface area contributed by atoms with Gasteiger partial charge in [0.15, 0.2) is 6.29 Å². The number of aldehydes is 1. The van der Waals surface area contributed by atoms with Crippen molar-refractivity contribution in [2.75, 3.05) is 0 Å². The van der Waals surface area contributed by atoms with Gasteiger partial charge in [-0.15, -0.1) is 0 Å². The van der Waals surface area contributed by atoms with E-state index in [4.69, 9.17) is 0 Å². The van der Waals surface area contributed by atoms with Crippen LogP contribution in [0, 0.1) is 24.4 Å². The van der Waals surface area contributed by atoms with Gasteiger partial charge in [-0.25, -0.2) is 13.2 Å². The average molecular weight is 250 g/mol. The second-order valence-corrected chi connectivity index (χ2v) is 3.93. The summed E-state index contributed by atoms with van der Waals surface area (Å²) in [6.45, 7) is 1.44. The normalized spacial score (nSPS) is 10.4. The molecule has 0 saturated carbocycles. The quantitative estimate of drug-likeness (QED) is 0.739. The van der Waals surface area contributed by atoms with Gasteiger partial charge < -0.3 is 0 Å². The second-order valence-electron chi connectivity index (χ2n) is 3.93. The first-order chi connectivity index (χ1) is 8.52. The first kappa shape index (κ1) is 12.4. The van der Waals surface area contributed by atoms with Crippen LogP contribution in [0.5, 0.6) is 0 Å². The summed E-state index contributed by atoms with van der Waals surface area (Å²) < 4.78 is 40.2. The van der Waals surface area contributed by atoms with Crippen molar-refractivity contribution in [2.45, 2.75) is 6.92 Å². The lowest BCUT2D eigenvalue weighted by Gasteiger charge is -2.08. The highest BCUT2D eigenvalue weighted by Gasteiger charge is 2.13. The van der Waals surface area contributed by atoms with Crippen LogP contribution in [0.2, 0.25) is 0 Å². The van der Waals surface area contributed by atoms with Crippen LogP contribution in [0.25, 0.3) is 11.1 Å². The van der Waals surface area contributed by atoms with E-state index in [1.165, 1.54) is 13.0 Å². The fourth-order valence-corrected chi connectivity index (χ4v) is 1.73. The van der Waals surface area contributed by atoms with Crippen molar-refractivity contribution >= 4 is 6.29 Å². The van der Waals surface area contributed by atoms with Gasteiger partial charge in [0.25, 0.3) is 0 Å². The number of rotatable bonds is 2. The van der Waals surface area contributed by atoms with Crippen molar-refractivity contribution in [1.29, 1.82) is 0 Å². The lowest BCUT2D eigenvalue weighted by atomic mass is 9.98. The minimum Gasteiger partial charge on any atom is -0.298 e. The largest absolute Gasteiger partial charge is 0.298 e. The molecule has 0 aliphatic rings. The van der Waals surface area contributed by atoms with E-state index in [0.717, 1.165) is 24.3 Å². The average Bonchev–Trinajstić information content (AvgIpc) is 2.34. The number of halogens is 3. The molecule has 0 amide bonds. The maximum absolute atomic E-state index is 13.8. The van der Waals surface area contributed by atoms with Crippen LogP contribution >= 0.6 is 0 Å². The molecule has 0 radical (unpaired) electrons. The summed E-state index contributed by atoms with van der Waals surface area (Å²) in [5.74, 6) is -1.83. The molecule has 1 nitrogen and oxygen atoms in total. The Balaban J connectivity index is 2.69. The third kappa shape index (κ3) is 2.14. The molecule has 0 aliphatic carbocycles. The molecule has 0 spiro atoms. The van der Waals surface area contributed by atoms with Gasteiger partial charge in [0, 0.05) is 11.1 Å². The topological polar surface area (TPSA) is 17.1 Å². The highest BCUT2D eigenvalue weighted by atomic mass is 19.1. The van der Waals surface area contributed by atoms with Crippen molar-refractivity contribution < 1.29 is 18.0 Å². The van der Waals surface area contributed by atoms with Crippen LogP contribution in [-0.4, -0.2) is 6.29 Å². The summed E-state index contributed by atoms with van der Waals surface area (Å²) in [6, 6.07) is 5.39. The zero-order valence-electron chi connectivity index (χ0n) is 9.51. The van der Waals surface area contributed by atoms with E-state index >= 15 is 0 Å². The number of benzene rings is 2. The lowest BCUT2D eigenvalue weighted by molar-refractivity contribution is 0.112. The molecule has 4 heteroatoms. The van der Waals surface area contributed by atoms with Gasteiger partial charge >= 0.3 is 0 Å². The van der Waals surface area contributed by atoms with Crippen LogP contribution in [0.1, 0.15) is 15.9 Å². The minimum absolute atomic E-state index is 0.0165. The third-order valence-electron chi connectivity index (χ3n) is 2.68. The van der Waals surface area contributed by atoms with Crippen molar-refractivity contribution in [1.82, 2.24) is 0 Å². The smallest absolute Gasteiger partial charge is 0.150 e. The maximum Gasteiger partial charge on any atom is 0.150 e. The van der Waals surface area contributed by atoms with Gasteiger partial charge in [-0.3, -0.25) is 4.79 Å². The van der Waals surface area contributed by atoms with Crippen LogP contribution < -0.4 is 0 Å². The Morgan fingerprint density at radius 3 is 2.33 bits per heavy atom. The molecule has 0 unspecified atom stereocenters. The number of carbonyl (C=O) groups excluding carboxylic acids is 1. The van der Waals surface area contributed by atoms with E-state index < -0.39 is 17.5 Å².